The molecule has 5 rings (SSSR count). The zero-order valence-corrected chi connectivity index (χ0v) is 20.6. The highest BCUT2D eigenvalue weighted by Crippen LogP contribution is 2.42. The van der Waals surface area contributed by atoms with Crippen molar-refractivity contribution in [3.8, 4) is 28.7 Å². The predicted molar refractivity (Wildman–Crippen MR) is 132 cm³/mol. The van der Waals surface area contributed by atoms with Crippen LogP contribution in [-0.2, 0) is 0 Å². The van der Waals surface area contributed by atoms with Crippen molar-refractivity contribution in [3.63, 3.8) is 0 Å². The first-order valence-electron chi connectivity index (χ1n) is 12.5. The number of carbonyl (C=O) groups excluding carboxylic acids is 1. The van der Waals surface area contributed by atoms with Gasteiger partial charge in [-0.3, -0.25) is 4.79 Å². The van der Waals surface area contributed by atoms with E-state index in [1.54, 1.807) is 17.1 Å². The molecule has 1 amide bonds. The third-order valence-electron chi connectivity index (χ3n) is 6.75. The largest absolute Gasteiger partial charge is 0.454 e. The Hall–Kier alpha value is -3.46. The van der Waals surface area contributed by atoms with Gasteiger partial charge in [-0.05, 0) is 57.1 Å². The summed E-state index contributed by atoms with van der Waals surface area (Å²) >= 11 is 0. The number of ether oxygens (including phenoxy) is 2. The minimum Gasteiger partial charge on any atom is -0.454 e. The van der Waals surface area contributed by atoms with Crippen molar-refractivity contribution in [1.29, 1.82) is 0 Å². The number of aromatic nitrogens is 4. The van der Waals surface area contributed by atoms with Crippen LogP contribution in [0.1, 0.15) is 55.6 Å². The molecule has 184 valence electrons. The van der Waals surface area contributed by atoms with Crippen molar-refractivity contribution in [2.45, 2.75) is 39.5 Å². The first kappa shape index (κ1) is 23.3. The molecule has 1 aromatic carbocycles. The number of fused-ring (bicyclic) bond motifs is 1. The molecule has 1 saturated carbocycles. The summed E-state index contributed by atoms with van der Waals surface area (Å²) in [4.78, 5) is 27.1. The summed E-state index contributed by atoms with van der Waals surface area (Å²) in [7, 11) is 0. The summed E-state index contributed by atoms with van der Waals surface area (Å²) in [5, 5.41) is 4.59. The summed E-state index contributed by atoms with van der Waals surface area (Å²) in [5.41, 5.74) is 3.24. The van der Waals surface area contributed by atoms with Crippen molar-refractivity contribution in [2.24, 2.45) is 0 Å². The molecule has 3 heterocycles. The average Bonchev–Trinajstić information content (AvgIpc) is 3.45. The number of likely N-dealkylation sites (N-methyl/N-ethyl adjacent to an activating group) is 2. The highest BCUT2D eigenvalue weighted by Gasteiger charge is 2.34. The van der Waals surface area contributed by atoms with Crippen LogP contribution in [0.2, 0.25) is 0 Å². The number of hydrogen-bond donors (Lipinski definition) is 0. The summed E-state index contributed by atoms with van der Waals surface area (Å²) in [6.45, 7) is 10.7. The van der Waals surface area contributed by atoms with Gasteiger partial charge in [0.15, 0.2) is 11.5 Å². The summed E-state index contributed by atoms with van der Waals surface area (Å²) in [5.74, 6) is 2.23. The van der Waals surface area contributed by atoms with Gasteiger partial charge in [0.2, 0.25) is 6.79 Å². The normalized spacial score (nSPS) is 14.5. The lowest BCUT2D eigenvalue weighted by atomic mass is 10.1. The summed E-state index contributed by atoms with van der Waals surface area (Å²) in [6.07, 6.45) is 5.50. The van der Waals surface area contributed by atoms with Gasteiger partial charge in [0.05, 0.1) is 23.1 Å². The molecular weight excluding hydrogens is 444 g/mol. The smallest absolute Gasteiger partial charge is 0.257 e. The molecule has 2 aliphatic rings. The second-order valence-electron chi connectivity index (χ2n) is 8.85. The second-order valence-corrected chi connectivity index (χ2v) is 8.85. The molecule has 9 heteroatoms. The molecule has 3 aromatic rings. The van der Waals surface area contributed by atoms with E-state index in [9.17, 15) is 4.79 Å². The molecule has 0 unspecified atom stereocenters. The van der Waals surface area contributed by atoms with Gasteiger partial charge in [0, 0.05) is 37.3 Å². The van der Waals surface area contributed by atoms with Gasteiger partial charge in [0.1, 0.15) is 0 Å². The molecule has 2 aromatic heterocycles. The van der Waals surface area contributed by atoms with Crippen LogP contribution in [0.15, 0.2) is 36.7 Å². The van der Waals surface area contributed by atoms with Crippen LogP contribution in [0.3, 0.4) is 0 Å². The van der Waals surface area contributed by atoms with Crippen LogP contribution in [0.4, 0.5) is 0 Å². The van der Waals surface area contributed by atoms with Gasteiger partial charge in [-0.25, -0.2) is 14.6 Å². The van der Waals surface area contributed by atoms with E-state index in [4.69, 9.17) is 14.5 Å². The van der Waals surface area contributed by atoms with Crippen LogP contribution in [0.5, 0.6) is 11.5 Å². The standard InChI is InChI=1S/C26H32N6O3/c1-4-30(5-2)13-14-31(6-3)25(33)20-16-28-32(24(20)18-7-8-18)26-27-12-11-21(29-26)19-9-10-22-23(15-19)35-17-34-22/h9-12,15-16,18H,4-8,13-14,17H2,1-3H3. The Labute approximate surface area is 205 Å². The maximum atomic E-state index is 13.5. The summed E-state index contributed by atoms with van der Waals surface area (Å²) < 4.78 is 12.7. The van der Waals surface area contributed by atoms with Crippen LogP contribution in [-0.4, -0.2) is 75.0 Å². The van der Waals surface area contributed by atoms with Crippen molar-refractivity contribution >= 4 is 5.91 Å². The Bertz CT molecular complexity index is 1200. The topological polar surface area (TPSA) is 85.6 Å². The van der Waals surface area contributed by atoms with Crippen molar-refractivity contribution < 1.29 is 14.3 Å². The maximum Gasteiger partial charge on any atom is 0.257 e. The zero-order valence-electron chi connectivity index (χ0n) is 20.6. The molecule has 1 aliphatic heterocycles. The van der Waals surface area contributed by atoms with Gasteiger partial charge in [-0.2, -0.15) is 5.10 Å². The molecule has 0 N–H and O–H groups in total. The monoisotopic (exact) mass is 476 g/mol. The van der Waals surface area contributed by atoms with Gasteiger partial charge < -0.3 is 19.3 Å². The lowest BCUT2D eigenvalue weighted by Gasteiger charge is -2.25. The number of amides is 1. The molecule has 1 fully saturated rings. The second kappa shape index (κ2) is 10.0. The number of benzene rings is 1. The first-order valence-corrected chi connectivity index (χ1v) is 12.5. The zero-order chi connectivity index (χ0) is 24.4. The van der Waals surface area contributed by atoms with Crippen molar-refractivity contribution in [1.82, 2.24) is 29.5 Å². The Kier molecular flexibility index (Phi) is 6.68. The lowest BCUT2D eigenvalue weighted by Crippen LogP contribution is -2.38. The van der Waals surface area contributed by atoms with Crippen LogP contribution in [0, 0.1) is 0 Å². The van der Waals surface area contributed by atoms with Crippen molar-refractivity contribution in [2.75, 3.05) is 39.5 Å². The lowest BCUT2D eigenvalue weighted by molar-refractivity contribution is 0.0745. The third-order valence-corrected chi connectivity index (χ3v) is 6.75. The summed E-state index contributed by atoms with van der Waals surface area (Å²) in [6, 6.07) is 7.62. The van der Waals surface area contributed by atoms with Crippen LogP contribution in [0.25, 0.3) is 17.2 Å². The van der Waals surface area contributed by atoms with Crippen LogP contribution < -0.4 is 9.47 Å². The highest BCUT2D eigenvalue weighted by atomic mass is 16.7. The molecule has 9 nitrogen and oxygen atoms in total. The average molecular weight is 477 g/mol. The van der Waals surface area contributed by atoms with E-state index < -0.39 is 0 Å². The molecule has 1 aliphatic carbocycles. The van der Waals surface area contributed by atoms with Gasteiger partial charge in [0.25, 0.3) is 11.9 Å². The number of nitrogens with zero attached hydrogens (tertiary/aromatic N) is 6. The van der Waals surface area contributed by atoms with Crippen LogP contribution >= 0.6 is 0 Å². The fraction of sp³-hybridized carbons (Fsp3) is 0.462. The maximum absolute atomic E-state index is 13.5. The molecule has 0 atom stereocenters. The molecule has 35 heavy (non-hydrogen) atoms. The third kappa shape index (κ3) is 4.73. The molecule has 0 bridgehead atoms. The molecule has 0 saturated heterocycles. The minimum absolute atomic E-state index is 0.0275. The fourth-order valence-corrected chi connectivity index (χ4v) is 4.47. The van der Waals surface area contributed by atoms with E-state index in [-0.39, 0.29) is 12.7 Å². The Balaban J connectivity index is 1.43. The SMILES string of the molecule is CCN(CC)CCN(CC)C(=O)c1cnn(-c2nccc(-c3ccc4c(c3)OCO4)n2)c1C1CC1. The van der Waals surface area contributed by atoms with E-state index in [0.717, 1.165) is 55.2 Å². The van der Waals surface area contributed by atoms with Gasteiger partial charge in [-0.15, -0.1) is 0 Å². The molecule has 0 radical (unpaired) electrons. The van der Waals surface area contributed by atoms with E-state index in [2.05, 4.69) is 28.8 Å². The highest BCUT2D eigenvalue weighted by molar-refractivity contribution is 5.95. The molecular formula is C26H32N6O3. The van der Waals surface area contributed by atoms with Gasteiger partial charge in [-0.1, -0.05) is 13.8 Å². The van der Waals surface area contributed by atoms with E-state index in [1.165, 1.54) is 0 Å². The van der Waals surface area contributed by atoms with Crippen molar-refractivity contribution in [3.05, 3.63) is 47.9 Å². The number of carbonyl (C=O) groups is 1. The van der Waals surface area contributed by atoms with E-state index >= 15 is 0 Å². The first-order chi connectivity index (χ1) is 17.1. The van der Waals surface area contributed by atoms with E-state index in [1.807, 2.05) is 36.1 Å². The Morgan fingerprint density at radius 3 is 2.60 bits per heavy atom. The minimum atomic E-state index is 0.0275. The van der Waals surface area contributed by atoms with E-state index in [0.29, 0.717) is 36.3 Å². The van der Waals surface area contributed by atoms with Gasteiger partial charge >= 0.3 is 0 Å². The quantitative estimate of drug-likeness (QED) is 0.441. The Morgan fingerprint density at radius 2 is 1.86 bits per heavy atom. The fourth-order valence-electron chi connectivity index (χ4n) is 4.47. The predicted octanol–water partition coefficient (Wildman–Crippen LogP) is 3.74. The molecule has 0 spiro atoms. The Morgan fingerprint density at radius 1 is 1.06 bits per heavy atom. The number of hydrogen-bond acceptors (Lipinski definition) is 7. The number of rotatable bonds is 10.